The average Bonchev–Trinajstić information content (AvgIpc) is 3.15. The normalized spacial score (nSPS) is 16.4. The van der Waals surface area contributed by atoms with E-state index in [2.05, 4.69) is 34.3 Å². The molecule has 6 rings (SSSR count). The predicted octanol–water partition coefficient (Wildman–Crippen LogP) is 2.42. The van der Waals surface area contributed by atoms with Gasteiger partial charge in [-0.2, -0.15) is 4.98 Å². The summed E-state index contributed by atoms with van der Waals surface area (Å²) in [5.74, 6) is 0.946. The van der Waals surface area contributed by atoms with Crippen molar-refractivity contribution in [3.63, 3.8) is 0 Å². The zero-order chi connectivity index (χ0) is 24.7. The van der Waals surface area contributed by atoms with Crippen LogP contribution < -0.4 is 16.2 Å². The minimum atomic E-state index is -0.592. The molecule has 10 heteroatoms. The van der Waals surface area contributed by atoms with Crippen molar-refractivity contribution >= 4 is 22.7 Å². The molecule has 0 spiro atoms. The van der Waals surface area contributed by atoms with Gasteiger partial charge in [-0.3, -0.25) is 4.79 Å². The Morgan fingerprint density at radius 1 is 1.25 bits per heavy atom. The molecular formula is C26H27N7O3. The number of aromatic nitrogens is 5. The Kier molecular flexibility index (Phi) is 5.63. The van der Waals surface area contributed by atoms with E-state index in [9.17, 15) is 4.79 Å². The largest absolute Gasteiger partial charge is 0.374 e. The van der Waals surface area contributed by atoms with E-state index in [-0.39, 0.29) is 5.56 Å². The van der Waals surface area contributed by atoms with Gasteiger partial charge in [0, 0.05) is 25.5 Å². The molecule has 184 valence electrons. The van der Waals surface area contributed by atoms with Crippen molar-refractivity contribution in [2.75, 3.05) is 32.2 Å². The summed E-state index contributed by atoms with van der Waals surface area (Å²) in [6.07, 6.45) is 4.25. The first-order valence-electron chi connectivity index (χ1n) is 11.9. The van der Waals surface area contributed by atoms with Gasteiger partial charge in [-0.25, -0.2) is 19.3 Å². The van der Waals surface area contributed by atoms with Crippen LogP contribution in [0.2, 0.25) is 0 Å². The van der Waals surface area contributed by atoms with E-state index < -0.39 is 5.60 Å². The number of fused-ring (bicyclic) bond motifs is 2. The Bertz CT molecular complexity index is 1510. The molecule has 4 aromatic rings. The first kappa shape index (κ1) is 22.6. The second kappa shape index (κ2) is 8.98. The standard InChI is InChI=1S/C26H27N7O3/c1-3-11-32-24(34)20-14-28-25(29-19-8-7-17-9-10-27-13-18(17)12-19)31-23(20)33(32)22-6-4-5-21(30-22)26(35-2)15-36-16-26/h3-8,12,14,27H,1,9-11,13,15-16H2,2H3,(H,28,29,31). The number of rotatable bonds is 7. The highest BCUT2D eigenvalue weighted by atomic mass is 16.6. The quantitative estimate of drug-likeness (QED) is 0.384. The van der Waals surface area contributed by atoms with Crippen LogP contribution >= 0.6 is 0 Å². The molecule has 1 fully saturated rings. The number of nitrogens with one attached hydrogen (secondary N) is 2. The third kappa shape index (κ3) is 3.70. The summed E-state index contributed by atoms with van der Waals surface area (Å²) in [6, 6.07) is 11.9. The van der Waals surface area contributed by atoms with Gasteiger partial charge in [0.1, 0.15) is 5.39 Å². The SMILES string of the molecule is C=CCn1c(=O)c2cnc(Nc3ccc4c(c3)CNCC4)nc2n1-c1cccc(C2(OC)COC2)n1. The predicted molar refractivity (Wildman–Crippen MR) is 136 cm³/mol. The van der Waals surface area contributed by atoms with E-state index in [1.807, 2.05) is 24.3 Å². The lowest BCUT2D eigenvalue weighted by Crippen LogP contribution is -2.49. The maximum Gasteiger partial charge on any atom is 0.278 e. The maximum absolute atomic E-state index is 13.3. The fourth-order valence-corrected chi connectivity index (χ4v) is 4.75. The van der Waals surface area contributed by atoms with Crippen molar-refractivity contribution in [3.8, 4) is 5.82 Å². The zero-order valence-corrected chi connectivity index (χ0v) is 20.0. The summed E-state index contributed by atoms with van der Waals surface area (Å²) >= 11 is 0. The molecule has 10 nitrogen and oxygen atoms in total. The Labute approximate surface area is 207 Å². The number of methoxy groups -OCH3 is 1. The van der Waals surface area contributed by atoms with Crippen LogP contribution in [-0.2, 0) is 34.6 Å². The number of ether oxygens (including phenoxy) is 2. The smallest absolute Gasteiger partial charge is 0.278 e. The third-order valence-electron chi connectivity index (χ3n) is 6.81. The number of anilines is 2. The van der Waals surface area contributed by atoms with Crippen molar-refractivity contribution in [1.29, 1.82) is 0 Å². The van der Waals surface area contributed by atoms with E-state index in [4.69, 9.17) is 19.4 Å². The molecule has 0 aliphatic carbocycles. The van der Waals surface area contributed by atoms with Gasteiger partial charge in [0.05, 0.1) is 25.5 Å². The second-order valence-corrected chi connectivity index (χ2v) is 9.03. The van der Waals surface area contributed by atoms with Crippen LogP contribution in [-0.4, -0.2) is 51.2 Å². The zero-order valence-electron chi connectivity index (χ0n) is 20.0. The molecule has 0 amide bonds. The molecule has 0 radical (unpaired) electrons. The fourth-order valence-electron chi connectivity index (χ4n) is 4.75. The molecule has 1 saturated heterocycles. The number of allylic oxidation sites excluding steroid dienone is 1. The summed E-state index contributed by atoms with van der Waals surface area (Å²) in [5, 5.41) is 7.10. The molecule has 5 heterocycles. The fraction of sp³-hybridized carbons (Fsp3) is 0.308. The lowest BCUT2D eigenvalue weighted by atomic mass is 9.97. The Morgan fingerprint density at radius 3 is 2.92 bits per heavy atom. The van der Waals surface area contributed by atoms with Crippen molar-refractivity contribution in [1.82, 2.24) is 29.6 Å². The van der Waals surface area contributed by atoms with E-state index >= 15 is 0 Å². The van der Waals surface area contributed by atoms with Crippen LogP contribution in [0.4, 0.5) is 11.6 Å². The lowest BCUT2D eigenvalue weighted by Gasteiger charge is -2.39. The maximum atomic E-state index is 13.3. The molecule has 3 aromatic heterocycles. The summed E-state index contributed by atoms with van der Waals surface area (Å²) in [6.45, 7) is 6.80. The van der Waals surface area contributed by atoms with Gasteiger partial charge in [-0.05, 0) is 48.4 Å². The highest BCUT2D eigenvalue weighted by Crippen LogP contribution is 2.32. The second-order valence-electron chi connectivity index (χ2n) is 9.03. The molecule has 2 aliphatic heterocycles. The Balaban J connectivity index is 1.44. The van der Waals surface area contributed by atoms with Crippen molar-refractivity contribution in [2.24, 2.45) is 0 Å². The minimum absolute atomic E-state index is 0.211. The highest BCUT2D eigenvalue weighted by molar-refractivity contribution is 5.77. The summed E-state index contributed by atoms with van der Waals surface area (Å²) in [4.78, 5) is 27.3. The molecule has 1 aromatic carbocycles. The lowest BCUT2D eigenvalue weighted by molar-refractivity contribution is -0.204. The third-order valence-corrected chi connectivity index (χ3v) is 6.81. The van der Waals surface area contributed by atoms with Crippen LogP contribution in [0.15, 0.2) is 60.0 Å². The van der Waals surface area contributed by atoms with Crippen LogP contribution in [0.25, 0.3) is 16.9 Å². The van der Waals surface area contributed by atoms with Crippen LogP contribution in [0.1, 0.15) is 16.8 Å². The number of nitrogens with zero attached hydrogens (tertiary/aromatic N) is 5. The van der Waals surface area contributed by atoms with Crippen LogP contribution in [0, 0.1) is 0 Å². The molecule has 2 N–H and O–H groups in total. The monoisotopic (exact) mass is 485 g/mol. The van der Waals surface area contributed by atoms with E-state index in [0.29, 0.717) is 42.6 Å². The number of hydrogen-bond donors (Lipinski definition) is 2. The van der Waals surface area contributed by atoms with Gasteiger partial charge < -0.3 is 20.1 Å². The topological polar surface area (TPSA) is 108 Å². The van der Waals surface area contributed by atoms with Crippen LogP contribution in [0.3, 0.4) is 0 Å². The molecule has 36 heavy (non-hydrogen) atoms. The van der Waals surface area contributed by atoms with Gasteiger partial charge in [0.2, 0.25) is 5.95 Å². The Morgan fingerprint density at radius 2 is 2.14 bits per heavy atom. The molecule has 0 unspecified atom stereocenters. The van der Waals surface area contributed by atoms with E-state index in [1.54, 1.807) is 28.7 Å². The van der Waals surface area contributed by atoms with Gasteiger partial charge in [-0.1, -0.05) is 18.2 Å². The average molecular weight is 486 g/mol. The van der Waals surface area contributed by atoms with Gasteiger partial charge in [-0.15, -0.1) is 6.58 Å². The number of pyridine rings is 1. The van der Waals surface area contributed by atoms with Gasteiger partial charge in [0.15, 0.2) is 17.1 Å². The number of hydrogen-bond acceptors (Lipinski definition) is 8. The van der Waals surface area contributed by atoms with Gasteiger partial charge >= 0.3 is 0 Å². The van der Waals surface area contributed by atoms with Crippen molar-refractivity contribution in [2.45, 2.75) is 25.1 Å². The van der Waals surface area contributed by atoms with E-state index in [0.717, 1.165) is 30.9 Å². The molecular weight excluding hydrogens is 458 g/mol. The van der Waals surface area contributed by atoms with Crippen molar-refractivity contribution < 1.29 is 9.47 Å². The summed E-state index contributed by atoms with van der Waals surface area (Å²) < 4.78 is 14.4. The number of benzene rings is 1. The van der Waals surface area contributed by atoms with Crippen LogP contribution in [0.5, 0.6) is 0 Å². The molecule has 0 saturated carbocycles. The van der Waals surface area contributed by atoms with Gasteiger partial charge in [0.25, 0.3) is 5.56 Å². The first-order chi connectivity index (χ1) is 17.6. The molecule has 0 atom stereocenters. The first-order valence-corrected chi connectivity index (χ1v) is 11.9. The molecule has 2 aliphatic rings. The molecule has 0 bridgehead atoms. The summed E-state index contributed by atoms with van der Waals surface area (Å²) in [7, 11) is 1.65. The van der Waals surface area contributed by atoms with E-state index in [1.165, 1.54) is 11.1 Å². The van der Waals surface area contributed by atoms with Crippen molar-refractivity contribution in [3.05, 3.63) is 82.4 Å². The summed E-state index contributed by atoms with van der Waals surface area (Å²) in [5.41, 5.74) is 3.89. The Hall–Kier alpha value is -3.86. The highest BCUT2D eigenvalue weighted by Gasteiger charge is 2.42. The minimum Gasteiger partial charge on any atom is -0.374 e.